The van der Waals surface area contributed by atoms with E-state index in [0.29, 0.717) is 13.1 Å². The van der Waals surface area contributed by atoms with E-state index in [1.165, 1.54) is 6.20 Å². The highest BCUT2D eigenvalue weighted by molar-refractivity contribution is 5.84. The van der Waals surface area contributed by atoms with Crippen molar-refractivity contribution in [2.24, 2.45) is 0 Å². The van der Waals surface area contributed by atoms with E-state index in [4.69, 9.17) is 5.11 Å². The molecular formula is C12H19N5O3. The highest BCUT2D eigenvalue weighted by atomic mass is 16.4. The maximum atomic E-state index is 11.9. The standard InChI is InChI=1S/C12H19N5O3/c1-7(2)13-11(18)8(3)16-4-9(5-16)17-6-10(12(19)20)14-15-17/h6-9H,4-5H2,1-3H3,(H,13,18)(H,19,20). The molecule has 0 bridgehead atoms. The minimum atomic E-state index is -1.09. The van der Waals surface area contributed by atoms with Crippen molar-refractivity contribution in [3.05, 3.63) is 11.9 Å². The Morgan fingerprint density at radius 1 is 1.40 bits per heavy atom. The number of carbonyl (C=O) groups is 2. The highest BCUT2D eigenvalue weighted by Gasteiger charge is 2.35. The van der Waals surface area contributed by atoms with Gasteiger partial charge in [0.15, 0.2) is 5.69 Å². The van der Waals surface area contributed by atoms with Crippen LogP contribution in [0.25, 0.3) is 0 Å². The van der Waals surface area contributed by atoms with E-state index in [1.807, 2.05) is 25.7 Å². The van der Waals surface area contributed by atoms with Crippen molar-refractivity contribution in [1.82, 2.24) is 25.2 Å². The molecule has 1 fully saturated rings. The van der Waals surface area contributed by atoms with Crippen LogP contribution in [0.3, 0.4) is 0 Å². The summed E-state index contributed by atoms with van der Waals surface area (Å²) in [4.78, 5) is 24.6. The number of nitrogens with one attached hydrogen (secondary N) is 1. The number of nitrogens with zero attached hydrogens (tertiary/aromatic N) is 4. The summed E-state index contributed by atoms with van der Waals surface area (Å²) in [7, 11) is 0. The number of hydrogen-bond donors (Lipinski definition) is 2. The van der Waals surface area contributed by atoms with Crippen molar-refractivity contribution in [1.29, 1.82) is 0 Å². The molecule has 1 unspecified atom stereocenters. The molecule has 1 aromatic heterocycles. The van der Waals surface area contributed by atoms with E-state index in [-0.39, 0.29) is 29.7 Å². The van der Waals surface area contributed by atoms with Gasteiger partial charge < -0.3 is 10.4 Å². The molecule has 1 aromatic rings. The highest BCUT2D eigenvalue weighted by Crippen LogP contribution is 2.22. The molecule has 0 saturated carbocycles. The average Bonchev–Trinajstić information content (AvgIpc) is 2.75. The van der Waals surface area contributed by atoms with Gasteiger partial charge in [-0.15, -0.1) is 5.10 Å². The number of aromatic nitrogens is 3. The van der Waals surface area contributed by atoms with Gasteiger partial charge in [-0.05, 0) is 20.8 Å². The van der Waals surface area contributed by atoms with Gasteiger partial charge in [0.2, 0.25) is 5.91 Å². The fraction of sp³-hybridized carbons (Fsp3) is 0.667. The molecule has 20 heavy (non-hydrogen) atoms. The van der Waals surface area contributed by atoms with E-state index in [9.17, 15) is 9.59 Å². The van der Waals surface area contributed by atoms with Gasteiger partial charge in [-0.3, -0.25) is 9.69 Å². The lowest BCUT2D eigenvalue weighted by Crippen LogP contribution is -2.57. The second-order valence-electron chi connectivity index (χ2n) is 5.34. The number of carbonyl (C=O) groups excluding carboxylic acids is 1. The van der Waals surface area contributed by atoms with Crippen LogP contribution in [0.2, 0.25) is 0 Å². The van der Waals surface area contributed by atoms with Gasteiger partial charge >= 0.3 is 5.97 Å². The molecule has 2 heterocycles. The topological polar surface area (TPSA) is 100 Å². The maximum absolute atomic E-state index is 11.9. The number of likely N-dealkylation sites (tertiary alicyclic amines) is 1. The quantitative estimate of drug-likeness (QED) is 0.771. The van der Waals surface area contributed by atoms with E-state index >= 15 is 0 Å². The Hall–Kier alpha value is -1.96. The second-order valence-corrected chi connectivity index (χ2v) is 5.34. The minimum Gasteiger partial charge on any atom is -0.476 e. The monoisotopic (exact) mass is 281 g/mol. The molecule has 2 rings (SSSR count). The van der Waals surface area contributed by atoms with Crippen LogP contribution in [-0.2, 0) is 4.79 Å². The van der Waals surface area contributed by atoms with E-state index < -0.39 is 5.97 Å². The molecule has 8 heteroatoms. The van der Waals surface area contributed by atoms with Crippen LogP contribution in [0.4, 0.5) is 0 Å². The number of amides is 1. The summed E-state index contributed by atoms with van der Waals surface area (Å²) >= 11 is 0. The molecule has 0 spiro atoms. The van der Waals surface area contributed by atoms with Crippen LogP contribution in [0.1, 0.15) is 37.3 Å². The smallest absolute Gasteiger partial charge is 0.358 e. The molecule has 1 aliphatic heterocycles. The summed E-state index contributed by atoms with van der Waals surface area (Å²) in [5.41, 5.74) is -0.0611. The van der Waals surface area contributed by atoms with Crippen molar-refractivity contribution < 1.29 is 14.7 Å². The summed E-state index contributed by atoms with van der Waals surface area (Å²) < 4.78 is 1.55. The third-order valence-corrected chi connectivity index (χ3v) is 3.35. The Kier molecular flexibility index (Phi) is 4.03. The fourth-order valence-electron chi connectivity index (χ4n) is 2.10. The third-order valence-electron chi connectivity index (χ3n) is 3.35. The lowest BCUT2D eigenvalue weighted by molar-refractivity contribution is -0.128. The average molecular weight is 281 g/mol. The summed E-state index contributed by atoms with van der Waals surface area (Å²) in [6, 6.07) is -0.00326. The van der Waals surface area contributed by atoms with Gasteiger partial charge in [0.25, 0.3) is 0 Å². The first-order valence-corrected chi connectivity index (χ1v) is 6.58. The lowest BCUT2D eigenvalue weighted by Gasteiger charge is -2.42. The first-order valence-electron chi connectivity index (χ1n) is 6.58. The zero-order valence-electron chi connectivity index (χ0n) is 11.8. The number of carboxylic acid groups (broad SMARTS) is 1. The van der Waals surface area contributed by atoms with E-state index in [2.05, 4.69) is 15.6 Å². The van der Waals surface area contributed by atoms with Gasteiger partial charge in [-0.1, -0.05) is 5.21 Å². The predicted molar refractivity (Wildman–Crippen MR) is 70.3 cm³/mol. The van der Waals surface area contributed by atoms with Crippen LogP contribution in [-0.4, -0.2) is 62.0 Å². The summed E-state index contributed by atoms with van der Waals surface area (Å²) in [6.45, 7) is 7.03. The van der Waals surface area contributed by atoms with Crippen LogP contribution in [0.5, 0.6) is 0 Å². The van der Waals surface area contributed by atoms with Gasteiger partial charge in [0.1, 0.15) is 0 Å². The molecule has 110 valence electrons. The van der Waals surface area contributed by atoms with Crippen LogP contribution >= 0.6 is 0 Å². The molecule has 1 atom stereocenters. The molecule has 1 saturated heterocycles. The molecule has 8 nitrogen and oxygen atoms in total. The van der Waals surface area contributed by atoms with Crippen molar-refractivity contribution in [3.8, 4) is 0 Å². The first-order chi connectivity index (χ1) is 9.38. The van der Waals surface area contributed by atoms with Crippen molar-refractivity contribution in [2.75, 3.05) is 13.1 Å². The van der Waals surface area contributed by atoms with E-state index in [1.54, 1.807) is 4.68 Å². The van der Waals surface area contributed by atoms with Crippen molar-refractivity contribution >= 4 is 11.9 Å². The normalized spacial score (nSPS) is 17.8. The van der Waals surface area contributed by atoms with Crippen molar-refractivity contribution in [2.45, 2.75) is 38.9 Å². The summed E-state index contributed by atoms with van der Waals surface area (Å²) in [6.07, 6.45) is 1.42. The van der Waals surface area contributed by atoms with Crippen LogP contribution < -0.4 is 5.32 Å². The lowest BCUT2D eigenvalue weighted by atomic mass is 10.1. The Morgan fingerprint density at radius 2 is 2.05 bits per heavy atom. The number of rotatable bonds is 5. The largest absolute Gasteiger partial charge is 0.476 e. The molecular weight excluding hydrogens is 262 g/mol. The Bertz CT molecular complexity index is 507. The Labute approximate surface area is 116 Å². The minimum absolute atomic E-state index is 0.00302. The van der Waals surface area contributed by atoms with Gasteiger partial charge in [-0.2, -0.15) is 0 Å². The van der Waals surface area contributed by atoms with Crippen LogP contribution in [0, 0.1) is 0 Å². The Morgan fingerprint density at radius 3 is 2.55 bits per heavy atom. The molecule has 1 aliphatic rings. The Balaban J connectivity index is 1.87. The number of aromatic carboxylic acids is 1. The second kappa shape index (κ2) is 5.58. The number of hydrogen-bond acceptors (Lipinski definition) is 5. The zero-order chi connectivity index (χ0) is 14.9. The molecule has 0 radical (unpaired) electrons. The SMILES string of the molecule is CC(C)NC(=O)C(C)N1CC(n2cc(C(=O)O)nn2)C1. The predicted octanol–water partition coefficient (Wildman–Crippen LogP) is -0.254. The fourth-order valence-corrected chi connectivity index (χ4v) is 2.10. The molecule has 0 aromatic carbocycles. The van der Waals surface area contributed by atoms with Gasteiger partial charge in [0.05, 0.1) is 18.3 Å². The molecule has 1 amide bonds. The first kappa shape index (κ1) is 14.4. The van der Waals surface area contributed by atoms with Crippen LogP contribution in [0.15, 0.2) is 6.20 Å². The summed E-state index contributed by atoms with van der Waals surface area (Å²) in [5.74, 6) is -1.08. The van der Waals surface area contributed by atoms with Crippen molar-refractivity contribution in [3.63, 3.8) is 0 Å². The van der Waals surface area contributed by atoms with Gasteiger partial charge in [-0.25, -0.2) is 9.48 Å². The molecule has 0 aliphatic carbocycles. The third kappa shape index (κ3) is 2.96. The molecule has 2 N–H and O–H groups in total. The van der Waals surface area contributed by atoms with E-state index in [0.717, 1.165) is 0 Å². The summed E-state index contributed by atoms with van der Waals surface area (Å²) in [5, 5.41) is 19.0. The number of carboxylic acids is 1. The maximum Gasteiger partial charge on any atom is 0.358 e. The van der Waals surface area contributed by atoms with Gasteiger partial charge in [0, 0.05) is 19.1 Å². The zero-order valence-corrected chi connectivity index (χ0v) is 11.8.